The maximum atomic E-state index is 11.6. The number of rotatable bonds is 4. The van der Waals surface area contributed by atoms with E-state index in [1.165, 1.54) is 18.2 Å². The molecule has 1 amide bonds. The molecule has 5 nitrogen and oxygen atoms in total. The number of hydrogen-bond donors (Lipinski definition) is 2. The smallest absolute Gasteiger partial charge is 0.242 e. The summed E-state index contributed by atoms with van der Waals surface area (Å²) in [5.74, 6) is -0.790. The third kappa shape index (κ3) is 3.08. The topological polar surface area (TPSA) is 89.3 Å². The third-order valence-corrected chi connectivity index (χ3v) is 4.02. The fourth-order valence-corrected chi connectivity index (χ4v) is 2.69. The molecule has 0 unspecified atom stereocenters. The quantitative estimate of drug-likeness (QED) is 0.854. The maximum absolute atomic E-state index is 11.6. The predicted molar refractivity (Wildman–Crippen MR) is 60.8 cm³/mol. The number of carbonyl (C=O) groups is 1. The number of sulfonamides is 1. The van der Waals surface area contributed by atoms with Crippen molar-refractivity contribution >= 4 is 39.1 Å². The van der Waals surface area contributed by atoms with Crippen LogP contribution in [0.1, 0.15) is 0 Å². The Morgan fingerprint density at radius 3 is 2.56 bits per heavy atom. The van der Waals surface area contributed by atoms with E-state index in [1.807, 2.05) is 4.72 Å². The molecule has 8 heteroatoms. The first-order valence-corrected chi connectivity index (χ1v) is 6.30. The summed E-state index contributed by atoms with van der Waals surface area (Å²) in [6, 6.07) is 4.17. The molecule has 0 spiro atoms. The van der Waals surface area contributed by atoms with Gasteiger partial charge in [0.25, 0.3) is 0 Å². The number of carbonyl (C=O) groups excluding carboxylic acids is 1. The average Bonchev–Trinajstić information content (AvgIpc) is 2.19. The lowest BCUT2D eigenvalue weighted by molar-refractivity contribution is -0.116. The monoisotopic (exact) mass is 282 g/mol. The molecule has 0 atom stereocenters. The van der Waals surface area contributed by atoms with Crippen LogP contribution in [0.5, 0.6) is 0 Å². The molecule has 0 aliphatic carbocycles. The Balaban J connectivity index is 3.08. The fourth-order valence-electron chi connectivity index (χ4n) is 0.935. The minimum atomic E-state index is -3.88. The summed E-state index contributed by atoms with van der Waals surface area (Å²) in [7, 11) is -3.88. The zero-order chi connectivity index (χ0) is 12.3. The number of nitrogens with one attached hydrogen (secondary N) is 1. The zero-order valence-corrected chi connectivity index (χ0v) is 10.2. The van der Waals surface area contributed by atoms with Crippen molar-refractivity contribution < 1.29 is 13.2 Å². The molecule has 88 valence electrons. The van der Waals surface area contributed by atoms with Crippen LogP contribution in [0, 0.1) is 0 Å². The Kier molecular flexibility index (Phi) is 4.15. The summed E-state index contributed by atoms with van der Waals surface area (Å²) < 4.78 is 25.3. The summed E-state index contributed by atoms with van der Waals surface area (Å²) in [6.07, 6.45) is 0. The highest BCUT2D eigenvalue weighted by molar-refractivity contribution is 7.89. The van der Waals surface area contributed by atoms with E-state index < -0.39 is 22.5 Å². The van der Waals surface area contributed by atoms with Crippen LogP contribution < -0.4 is 10.5 Å². The standard InChI is InChI=1S/C8H8Cl2N2O3S/c9-5-2-1-3-6(8(5)10)16(14,15)12-4-7(11)13/h1-3,12H,4H2,(H2,11,13). The second-order valence-corrected chi connectivity index (χ2v) is 5.36. The third-order valence-electron chi connectivity index (χ3n) is 1.64. The molecule has 1 aromatic rings. The van der Waals surface area contributed by atoms with Crippen molar-refractivity contribution in [3.05, 3.63) is 28.2 Å². The molecule has 0 aliphatic heterocycles. The Morgan fingerprint density at radius 1 is 1.38 bits per heavy atom. The van der Waals surface area contributed by atoms with Crippen LogP contribution in [0.3, 0.4) is 0 Å². The first-order chi connectivity index (χ1) is 7.34. The van der Waals surface area contributed by atoms with Crippen molar-refractivity contribution in [3.8, 4) is 0 Å². The van der Waals surface area contributed by atoms with Crippen molar-refractivity contribution in [1.29, 1.82) is 0 Å². The van der Waals surface area contributed by atoms with Gasteiger partial charge in [-0.25, -0.2) is 13.1 Å². The van der Waals surface area contributed by atoms with Crippen molar-refractivity contribution in [2.45, 2.75) is 4.90 Å². The molecular formula is C8H8Cl2N2O3S. The largest absolute Gasteiger partial charge is 0.369 e. The van der Waals surface area contributed by atoms with Crippen molar-refractivity contribution in [1.82, 2.24) is 4.72 Å². The first-order valence-electron chi connectivity index (χ1n) is 4.06. The van der Waals surface area contributed by atoms with Crippen LogP contribution >= 0.6 is 23.2 Å². The van der Waals surface area contributed by atoms with Crippen molar-refractivity contribution in [3.63, 3.8) is 0 Å². The van der Waals surface area contributed by atoms with Gasteiger partial charge in [0, 0.05) is 0 Å². The minimum absolute atomic E-state index is 0.0962. The first kappa shape index (κ1) is 13.2. The van der Waals surface area contributed by atoms with Crippen LogP contribution in [0.25, 0.3) is 0 Å². The van der Waals surface area contributed by atoms with E-state index in [4.69, 9.17) is 28.9 Å². The van der Waals surface area contributed by atoms with Crippen LogP contribution in [0.15, 0.2) is 23.1 Å². The summed E-state index contributed by atoms with van der Waals surface area (Å²) >= 11 is 11.4. The molecule has 16 heavy (non-hydrogen) atoms. The van der Waals surface area contributed by atoms with E-state index in [9.17, 15) is 13.2 Å². The molecule has 0 aromatic heterocycles. The van der Waals surface area contributed by atoms with Gasteiger partial charge in [0.2, 0.25) is 15.9 Å². The second-order valence-electron chi connectivity index (χ2n) is 2.84. The molecule has 3 N–H and O–H groups in total. The van der Waals surface area contributed by atoms with E-state index >= 15 is 0 Å². The Bertz CT molecular complexity index is 516. The maximum Gasteiger partial charge on any atom is 0.242 e. The molecule has 0 saturated carbocycles. The highest BCUT2D eigenvalue weighted by Gasteiger charge is 2.19. The highest BCUT2D eigenvalue weighted by atomic mass is 35.5. The van der Waals surface area contributed by atoms with Gasteiger partial charge in [-0.1, -0.05) is 29.3 Å². The van der Waals surface area contributed by atoms with Crippen molar-refractivity contribution in [2.24, 2.45) is 5.73 Å². The zero-order valence-electron chi connectivity index (χ0n) is 7.91. The summed E-state index contributed by atoms with van der Waals surface area (Å²) in [6.45, 7) is -0.495. The molecule has 0 heterocycles. The minimum Gasteiger partial charge on any atom is -0.369 e. The predicted octanol–water partition coefficient (Wildman–Crippen LogP) is 0.757. The van der Waals surface area contributed by atoms with Crippen LogP contribution in [0.4, 0.5) is 0 Å². The van der Waals surface area contributed by atoms with E-state index in [1.54, 1.807) is 0 Å². The van der Waals surface area contributed by atoms with Gasteiger partial charge >= 0.3 is 0 Å². The van der Waals surface area contributed by atoms with E-state index in [2.05, 4.69) is 0 Å². The Morgan fingerprint density at radius 2 is 2.00 bits per heavy atom. The van der Waals surface area contributed by atoms with Crippen LogP contribution in [0.2, 0.25) is 10.0 Å². The Hall–Kier alpha value is -0.820. The number of benzene rings is 1. The molecule has 1 aromatic carbocycles. The molecular weight excluding hydrogens is 275 g/mol. The van der Waals surface area contributed by atoms with Gasteiger partial charge in [0.1, 0.15) is 4.90 Å². The summed E-state index contributed by atoms with van der Waals surface area (Å²) in [5, 5.41) is 0.0183. The van der Waals surface area contributed by atoms with Gasteiger partial charge in [-0.2, -0.15) is 0 Å². The SMILES string of the molecule is NC(=O)CNS(=O)(=O)c1cccc(Cl)c1Cl. The molecule has 0 aliphatic rings. The van der Waals surface area contributed by atoms with Crippen LogP contribution in [-0.4, -0.2) is 20.9 Å². The van der Waals surface area contributed by atoms with Gasteiger partial charge in [0.05, 0.1) is 16.6 Å². The molecule has 0 radical (unpaired) electrons. The normalized spacial score (nSPS) is 11.4. The number of nitrogens with two attached hydrogens (primary N) is 1. The van der Waals surface area contributed by atoms with Gasteiger partial charge in [0.15, 0.2) is 0 Å². The van der Waals surface area contributed by atoms with E-state index in [-0.39, 0.29) is 14.9 Å². The number of primary amides is 1. The van der Waals surface area contributed by atoms with Gasteiger partial charge in [-0.05, 0) is 12.1 Å². The second kappa shape index (κ2) is 5.01. The lowest BCUT2D eigenvalue weighted by atomic mass is 10.4. The van der Waals surface area contributed by atoms with E-state index in [0.717, 1.165) is 0 Å². The van der Waals surface area contributed by atoms with E-state index in [0.29, 0.717) is 0 Å². The number of amides is 1. The molecule has 1 rings (SSSR count). The van der Waals surface area contributed by atoms with Gasteiger partial charge < -0.3 is 5.73 Å². The lowest BCUT2D eigenvalue weighted by Crippen LogP contribution is -2.33. The van der Waals surface area contributed by atoms with Gasteiger partial charge in [-0.3, -0.25) is 4.79 Å². The number of hydrogen-bond acceptors (Lipinski definition) is 3. The van der Waals surface area contributed by atoms with Crippen molar-refractivity contribution in [2.75, 3.05) is 6.54 Å². The van der Waals surface area contributed by atoms with Gasteiger partial charge in [-0.15, -0.1) is 0 Å². The molecule has 0 fully saturated rings. The average molecular weight is 283 g/mol. The fraction of sp³-hybridized carbons (Fsp3) is 0.125. The summed E-state index contributed by atoms with van der Waals surface area (Å²) in [4.78, 5) is 10.3. The highest BCUT2D eigenvalue weighted by Crippen LogP contribution is 2.28. The number of halogens is 2. The summed E-state index contributed by atoms with van der Waals surface area (Å²) in [5.41, 5.74) is 4.82. The Labute approximate surface area is 103 Å². The lowest BCUT2D eigenvalue weighted by Gasteiger charge is -2.07. The molecule has 0 saturated heterocycles. The molecule has 0 bridgehead atoms. The van der Waals surface area contributed by atoms with Crippen LogP contribution in [-0.2, 0) is 14.8 Å².